The van der Waals surface area contributed by atoms with Gasteiger partial charge < -0.3 is 16.0 Å². The van der Waals surface area contributed by atoms with Gasteiger partial charge in [-0.2, -0.15) is 0 Å². The SMILES string of the molecule is C#CCc1cc(N)cc(N2CCNCC2)c1C. The van der Waals surface area contributed by atoms with Gasteiger partial charge in [0.2, 0.25) is 0 Å². The van der Waals surface area contributed by atoms with E-state index in [0.29, 0.717) is 6.42 Å². The molecule has 0 aliphatic carbocycles. The van der Waals surface area contributed by atoms with Gasteiger partial charge in [-0.3, -0.25) is 0 Å². The number of anilines is 2. The topological polar surface area (TPSA) is 41.3 Å². The first kappa shape index (κ1) is 11.8. The summed E-state index contributed by atoms with van der Waals surface area (Å²) in [5.74, 6) is 2.70. The summed E-state index contributed by atoms with van der Waals surface area (Å²) >= 11 is 0. The molecule has 1 aromatic carbocycles. The Morgan fingerprint density at radius 1 is 1.41 bits per heavy atom. The number of nitrogens with zero attached hydrogens (tertiary/aromatic N) is 1. The quantitative estimate of drug-likeness (QED) is 0.591. The molecule has 0 unspecified atom stereocenters. The fraction of sp³-hybridized carbons (Fsp3) is 0.429. The van der Waals surface area contributed by atoms with Crippen LogP contribution in [0.5, 0.6) is 0 Å². The standard InChI is InChI=1S/C14H19N3/c1-3-4-12-9-13(15)10-14(11(12)2)17-7-5-16-6-8-17/h1,9-10,16H,4-8,15H2,2H3. The minimum Gasteiger partial charge on any atom is -0.399 e. The van der Waals surface area contributed by atoms with E-state index in [0.717, 1.165) is 31.9 Å². The number of hydrogen-bond acceptors (Lipinski definition) is 3. The van der Waals surface area contributed by atoms with E-state index in [2.05, 4.69) is 29.1 Å². The Hall–Kier alpha value is -1.66. The van der Waals surface area contributed by atoms with Gasteiger partial charge in [-0.1, -0.05) is 0 Å². The number of benzene rings is 1. The van der Waals surface area contributed by atoms with Crippen LogP contribution in [0.3, 0.4) is 0 Å². The van der Waals surface area contributed by atoms with Gasteiger partial charge in [-0.05, 0) is 30.2 Å². The van der Waals surface area contributed by atoms with E-state index in [-0.39, 0.29) is 0 Å². The van der Waals surface area contributed by atoms with E-state index in [1.54, 1.807) is 0 Å². The predicted molar refractivity (Wildman–Crippen MR) is 73.2 cm³/mol. The summed E-state index contributed by atoms with van der Waals surface area (Å²) in [4.78, 5) is 2.38. The van der Waals surface area contributed by atoms with Crippen molar-refractivity contribution >= 4 is 11.4 Å². The molecule has 0 radical (unpaired) electrons. The third kappa shape index (κ3) is 2.54. The Balaban J connectivity index is 2.35. The monoisotopic (exact) mass is 229 g/mol. The minimum absolute atomic E-state index is 0.649. The summed E-state index contributed by atoms with van der Waals surface area (Å²) in [6.45, 7) is 6.24. The second kappa shape index (κ2) is 5.11. The normalized spacial score (nSPS) is 15.6. The van der Waals surface area contributed by atoms with Crippen LogP contribution in [0.1, 0.15) is 11.1 Å². The van der Waals surface area contributed by atoms with Crippen LogP contribution in [-0.2, 0) is 6.42 Å². The molecule has 0 aromatic heterocycles. The number of hydrogen-bond donors (Lipinski definition) is 2. The fourth-order valence-electron chi connectivity index (χ4n) is 2.31. The average Bonchev–Trinajstić information content (AvgIpc) is 2.35. The molecule has 2 rings (SSSR count). The first-order valence-electron chi connectivity index (χ1n) is 6.00. The van der Waals surface area contributed by atoms with Crippen molar-refractivity contribution in [3.05, 3.63) is 23.3 Å². The van der Waals surface area contributed by atoms with Crippen LogP contribution in [0.4, 0.5) is 11.4 Å². The van der Waals surface area contributed by atoms with E-state index in [1.807, 2.05) is 6.07 Å². The van der Waals surface area contributed by atoms with E-state index in [4.69, 9.17) is 12.2 Å². The molecule has 1 aliphatic heterocycles. The molecule has 1 fully saturated rings. The number of piperazine rings is 1. The van der Waals surface area contributed by atoms with E-state index >= 15 is 0 Å². The highest BCUT2D eigenvalue weighted by molar-refractivity contribution is 5.64. The Morgan fingerprint density at radius 3 is 2.76 bits per heavy atom. The van der Waals surface area contributed by atoms with E-state index in [9.17, 15) is 0 Å². The largest absolute Gasteiger partial charge is 0.399 e. The molecule has 0 saturated carbocycles. The maximum Gasteiger partial charge on any atom is 0.0420 e. The summed E-state index contributed by atoms with van der Waals surface area (Å²) in [6, 6.07) is 4.04. The molecular weight excluding hydrogens is 210 g/mol. The summed E-state index contributed by atoms with van der Waals surface area (Å²) in [5.41, 5.74) is 10.4. The molecule has 0 atom stereocenters. The molecule has 1 aromatic rings. The van der Waals surface area contributed by atoms with Crippen LogP contribution in [0.2, 0.25) is 0 Å². The van der Waals surface area contributed by atoms with Gasteiger partial charge in [0, 0.05) is 44.0 Å². The van der Waals surface area contributed by atoms with Gasteiger partial charge in [0.15, 0.2) is 0 Å². The number of rotatable bonds is 2. The molecule has 90 valence electrons. The summed E-state index contributed by atoms with van der Waals surface area (Å²) in [6.07, 6.45) is 6.04. The highest BCUT2D eigenvalue weighted by Crippen LogP contribution is 2.27. The Labute approximate surface area is 103 Å². The highest BCUT2D eigenvalue weighted by Gasteiger charge is 2.14. The summed E-state index contributed by atoms with van der Waals surface area (Å²) in [7, 11) is 0. The van der Waals surface area contributed by atoms with Crippen molar-refractivity contribution in [1.29, 1.82) is 0 Å². The van der Waals surface area contributed by atoms with Crippen molar-refractivity contribution in [2.45, 2.75) is 13.3 Å². The second-order valence-electron chi connectivity index (χ2n) is 4.44. The third-order valence-corrected chi connectivity index (χ3v) is 3.26. The summed E-state index contributed by atoms with van der Waals surface area (Å²) < 4.78 is 0. The highest BCUT2D eigenvalue weighted by atomic mass is 15.2. The minimum atomic E-state index is 0.649. The van der Waals surface area contributed by atoms with Gasteiger partial charge >= 0.3 is 0 Å². The van der Waals surface area contributed by atoms with Crippen molar-refractivity contribution in [1.82, 2.24) is 5.32 Å². The summed E-state index contributed by atoms with van der Waals surface area (Å²) in [5, 5.41) is 3.35. The Kier molecular flexibility index (Phi) is 3.55. The van der Waals surface area contributed by atoms with Crippen LogP contribution in [0.25, 0.3) is 0 Å². The maximum absolute atomic E-state index is 5.95. The fourth-order valence-corrected chi connectivity index (χ4v) is 2.31. The molecule has 3 N–H and O–H groups in total. The molecule has 1 aliphatic rings. The van der Waals surface area contributed by atoms with E-state index in [1.165, 1.54) is 16.8 Å². The molecule has 0 spiro atoms. The molecule has 0 bridgehead atoms. The van der Waals surface area contributed by atoms with Crippen LogP contribution < -0.4 is 16.0 Å². The van der Waals surface area contributed by atoms with Gasteiger partial charge in [0.25, 0.3) is 0 Å². The van der Waals surface area contributed by atoms with Crippen LogP contribution >= 0.6 is 0 Å². The molecule has 3 heteroatoms. The lowest BCUT2D eigenvalue weighted by molar-refractivity contribution is 0.588. The molecule has 0 amide bonds. The zero-order valence-electron chi connectivity index (χ0n) is 10.3. The van der Waals surface area contributed by atoms with Crippen molar-refractivity contribution in [3.63, 3.8) is 0 Å². The first-order valence-corrected chi connectivity index (χ1v) is 6.00. The smallest absolute Gasteiger partial charge is 0.0420 e. The lowest BCUT2D eigenvalue weighted by Crippen LogP contribution is -2.43. The van der Waals surface area contributed by atoms with Crippen molar-refractivity contribution in [2.24, 2.45) is 0 Å². The predicted octanol–water partition coefficient (Wildman–Crippen LogP) is 1.16. The van der Waals surface area contributed by atoms with Crippen LogP contribution in [-0.4, -0.2) is 26.2 Å². The van der Waals surface area contributed by atoms with Crippen molar-refractivity contribution < 1.29 is 0 Å². The van der Waals surface area contributed by atoms with Crippen LogP contribution in [0, 0.1) is 19.3 Å². The average molecular weight is 229 g/mol. The first-order chi connectivity index (χ1) is 8.22. The zero-order chi connectivity index (χ0) is 12.3. The number of nitrogens with two attached hydrogens (primary N) is 1. The lowest BCUT2D eigenvalue weighted by Gasteiger charge is -2.31. The van der Waals surface area contributed by atoms with Crippen LogP contribution in [0.15, 0.2) is 12.1 Å². The molecule has 17 heavy (non-hydrogen) atoms. The van der Waals surface area contributed by atoms with Gasteiger partial charge in [-0.25, -0.2) is 0 Å². The molecule has 1 heterocycles. The number of nitrogen functional groups attached to an aromatic ring is 1. The van der Waals surface area contributed by atoms with Gasteiger partial charge in [0.05, 0.1) is 0 Å². The van der Waals surface area contributed by atoms with Gasteiger partial charge in [-0.15, -0.1) is 12.3 Å². The van der Waals surface area contributed by atoms with E-state index < -0.39 is 0 Å². The molecule has 3 nitrogen and oxygen atoms in total. The number of terminal acetylenes is 1. The number of nitrogens with one attached hydrogen (secondary N) is 1. The van der Waals surface area contributed by atoms with Gasteiger partial charge in [0.1, 0.15) is 0 Å². The van der Waals surface area contributed by atoms with Crippen molar-refractivity contribution in [3.8, 4) is 12.3 Å². The van der Waals surface area contributed by atoms with Crippen molar-refractivity contribution in [2.75, 3.05) is 36.8 Å². The Morgan fingerprint density at radius 2 is 2.12 bits per heavy atom. The lowest BCUT2D eigenvalue weighted by atomic mass is 10.0. The maximum atomic E-state index is 5.95. The Bertz CT molecular complexity index is 440. The second-order valence-corrected chi connectivity index (χ2v) is 4.44. The molecule has 1 saturated heterocycles. The molecular formula is C14H19N3. The third-order valence-electron chi connectivity index (χ3n) is 3.26. The zero-order valence-corrected chi connectivity index (χ0v) is 10.3.